The van der Waals surface area contributed by atoms with E-state index in [4.69, 9.17) is 0 Å². The molecule has 6 rings (SSSR count). The Morgan fingerprint density at radius 1 is 1.00 bits per heavy atom. The van der Waals surface area contributed by atoms with E-state index in [0.29, 0.717) is 11.3 Å². The third kappa shape index (κ3) is 2.51. The molecule has 3 aliphatic rings. The molecule has 168 valence electrons. The number of carbonyl (C=O) groups excluding carboxylic acids is 3. The molecule has 2 aromatic carbocycles. The molecule has 1 saturated heterocycles. The van der Waals surface area contributed by atoms with Gasteiger partial charge in [-0.25, -0.2) is 0 Å². The number of fused-ring (bicyclic) bond motifs is 6. The number of anilines is 2. The molecule has 1 fully saturated rings. The van der Waals surface area contributed by atoms with Gasteiger partial charge < -0.3 is 10.2 Å². The molecule has 4 unspecified atom stereocenters. The zero-order valence-corrected chi connectivity index (χ0v) is 18.9. The number of nitrogens with one attached hydrogen (secondary N) is 1. The van der Waals surface area contributed by atoms with Crippen LogP contribution < -0.4 is 10.2 Å². The lowest BCUT2D eigenvalue weighted by molar-refractivity contribution is -0.122. The highest BCUT2D eigenvalue weighted by Gasteiger charge is 2.70. The maximum absolute atomic E-state index is 14.2. The van der Waals surface area contributed by atoms with Crippen LogP contribution in [0.1, 0.15) is 35.3 Å². The van der Waals surface area contributed by atoms with Crippen LogP contribution in [0.5, 0.6) is 0 Å². The summed E-state index contributed by atoms with van der Waals surface area (Å²) in [4.78, 5) is 47.6. The van der Waals surface area contributed by atoms with Crippen LogP contribution in [0.4, 0.5) is 11.4 Å². The van der Waals surface area contributed by atoms with Gasteiger partial charge in [-0.1, -0.05) is 42.5 Å². The molecule has 0 bridgehead atoms. The molecular formula is C28H23N3O3. The van der Waals surface area contributed by atoms with Gasteiger partial charge in [-0.05, 0) is 49.2 Å². The van der Waals surface area contributed by atoms with Crippen LogP contribution in [-0.2, 0) is 15.0 Å². The van der Waals surface area contributed by atoms with Crippen molar-refractivity contribution in [2.75, 3.05) is 10.2 Å². The smallest absolute Gasteiger partial charge is 0.238 e. The fourth-order valence-electron chi connectivity index (χ4n) is 6.24. The number of aromatic nitrogens is 1. The summed E-state index contributed by atoms with van der Waals surface area (Å²) in [6, 6.07) is 17.4. The van der Waals surface area contributed by atoms with Gasteiger partial charge in [0.15, 0.2) is 11.6 Å². The second-order valence-corrected chi connectivity index (χ2v) is 9.22. The van der Waals surface area contributed by atoms with E-state index in [9.17, 15) is 14.4 Å². The first-order valence-electron chi connectivity index (χ1n) is 11.4. The summed E-state index contributed by atoms with van der Waals surface area (Å²) in [6.45, 7) is 3.53. The zero-order valence-electron chi connectivity index (χ0n) is 18.9. The van der Waals surface area contributed by atoms with E-state index < -0.39 is 23.4 Å². The van der Waals surface area contributed by atoms with E-state index in [0.717, 1.165) is 22.4 Å². The van der Waals surface area contributed by atoms with Crippen molar-refractivity contribution in [3.8, 4) is 0 Å². The fourth-order valence-corrected chi connectivity index (χ4v) is 6.24. The molecule has 1 spiro atoms. The van der Waals surface area contributed by atoms with E-state index in [1.54, 1.807) is 24.5 Å². The molecule has 34 heavy (non-hydrogen) atoms. The molecule has 4 heterocycles. The number of amides is 1. The standard InChI is InChI=1S/C28H23N3O3/c1-16-15-23-28(20-8-4-5-9-21(20)30-27(28)34)24(26(33)18-11-13-29-14-12-18)25(17(2)32)31(23)22-10-6-3-7-19(16)22/h3-15,23-25H,1-2H3,(H,30,34). The lowest BCUT2D eigenvalue weighted by Gasteiger charge is -2.39. The Hall–Kier alpha value is -4.06. The number of carbonyl (C=O) groups is 3. The van der Waals surface area contributed by atoms with E-state index in [-0.39, 0.29) is 17.5 Å². The van der Waals surface area contributed by atoms with E-state index in [1.165, 1.54) is 6.92 Å². The highest BCUT2D eigenvalue weighted by Crippen LogP contribution is 2.58. The maximum atomic E-state index is 14.2. The minimum Gasteiger partial charge on any atom is -0.352 e. The minimum absolute atomic E-state index is 0.144. The average Bonchev–Trinajstić information content (AvgIpc) is 3.32. The molecule has 0 radical (unpaired) electrons. The van der Waals surface area contributed by atoms with Gasteiger partial charge in [-0.3, -0.25) is 19.4 Å². The van der Waals surface area contributed by atoms with Crippen LogP contribution in [0, 0.1) is 5.92 Å². The maximum Gasteiger partial charge on any atom is 0.238 e. The summed E-state index contributed by atoms with van der Waals surface area (Å²) in [5.41, 5.74) is 3.54. The molecule has 3 aromatic rings. The van der Waals surface area contributed by atoms with Crippen molar-refractivity contribution in [1.29, 1.82) is 0 Å². The van der Waals surface area contributed by atoms with Crippen molar-refractivity contribution in [3.05, 3.63) is 95.8 Å². The number of ketones is 2. The normalized spacial score (nSPS) is 26.4. The monoisotopic (exact) mass is 449 g/mol. The Balaban J connectivity index is 1.69. The number of rotatable bonds is 3. The van der Waals surface area contributed by atoms with Gasteiger partial charge in [0.1, 0.15) is 5.41 Å². The van der Waals surface area contributed by atoms with E-state index in [1.807, 2.05) is 60.4 Å². The molecule has 1 amide bonds. The van der Waals surface area contributed by atoms with Crippen molar-refractivity contribution in [1.82, 2.24) is 4.98 Å². The lowest BCUT2D eigenvalue weighted by Crippen LogP contribution is -2.51. The average molecular weight is 450 g/mol. The Morgan fingerprint density at radius 3 is 2.47 bits per heavy atom. The second-order valence-electron chi connectivity index (χ2n) is 9.22. The number of hydrogen-bond donors (Lipinski definition) is 1. The summed E-state index contributed by atoms with van der Waals surface area (Å²) >= 11 is 0. The van der Waals surface area contributed by atoms with Crippen LogP contribution in [0.3, 0.4) is 0 Å². The molecule has 0 aliphatic carbocycles. The van der Waals surface area contributed by atoms with Gasteiger partial charge in [0, 0.05) is 34.9 Å². The number of benzene rings is 2. The summed E-state index contributed by atoms with van der Waals surface area (Å²) in [5, 5.41) is 3.03. The van der Waals surface area contributed by atoms with Crippen LogP contribution in [0.2, 0.25) is 0 Å². The minimum atomic E-state index is -1.25. The van der Waals surface area contributed by atoms with Gasteiger partial charge in [0.2, 0.25) is 5.91 Å². The van der Waals surface area contributed by atoms with Crippen molar-refractivity contribution in [3.63, 3.8) is 0 Å². The fraction of sp³-hybridized carbons (Fsp3) is 0.214. The summed E-state index contributed by atoms with van der Waals surface area (Å²) < 4.78 is 0. The SMILES string of the molecule is CC(=O)C1C(C(=O)c2ccncc2)C2(C(=O)Nc3ccccc32)C2C=C(C)c3ccccc3N12. The topological polar surface area (TPSA) is 79.4 Å². The largest absolute Gasteiger partial charge is 0.352 e. The van der Waals surface area contributed by atoms with Gasteiger partial charge in [-0.2, -0.15) is 0 Å². The molecule has 6 heteroatoms. The number of hydrogen-bond acceptors (Lipinski definition) is 5. The molecule has 4 atom stereocenters. The Bertz CT molecular complexity index is 1400. The highest BCUT2D eigenvalue weighted by atomic mass is 16.2. The quantitative estimate of drug-likeness (QED) is 0.611. The van der Waals surface area contributed by atoms with Gasteiger partial charge in [0.05, 0.1) is 18.0 Å². The Kier molecular flexibility index (Phi) is 4.36. The van der Waals surface area contributed by atoms with Gasteiger partial charge in [0.25, 0.3) is 0 Å². The predicted octanol–water partition coefficient (Wildman–Crippen LogP) is 4.03. The van der Waals surface area contributed by atoms with E-state index >= 15 is 0 Å². The number of para-hydroxylation sites is 2. The summed E-state index contributed by atoms with van der Waals surface area (Å²) in [5.74, 6) is -1.53. The predicted molar refractivity (Wildman–Crippen MR) is 130 cm³/mol. The first-order chi connectivity index (χ1) is 16.5. The second kappa shape index (κ2) is 7.22. The third-order valence-corrected chi connectivity index (χ3v) is 7.55. The van der Waals surface area contributed by atoms with Crippen molar-refractivity contribution < 1.29 is 14.4 Å². The van der Waals surface area contributed by atoms with Crippen LogP contribution in [-0.4, -0.2) is 34.5 Å². The summed E-state index contributed by atoms with van der Waals surface area (Å²) in [6.07, 6.45) is 5.18. The number of pyridine rings is 1. The Labute approximate surface area is 197 Å². The molecule has 3 aliphatic heterocycles. The van der Waals surface area contributed by atoms with Crippen LogP contribution in [0.25, 0.3) is 5.57 Å². The van der Waals surface area contributed by atoms with Gasteiger partial charge in [-0.15, -0.1) is 0 Å². The molecule has 1 aromatic heterocycles. The first kappa shape index (κ1) is 20.5. The van der Waals surface area contributed by atoms with Gasteiger partial charge >= 0.3 is 0 Å². The Morgan fingerprint density at radius 2 is 1.71 bits per heavy atom. The zero-order chi connectivity index (χ0) is 23.6. The lowest BCUT2D eigenvalue weighted by atomic mass is 9.64. The molecule has 1 N–H and O–H groups in total. The van der Waals surface area contributed by atoms with E-state index in [2.05, 4.69) is 16.4 Å². The molecular weight excluding hydrogens is 426 g/mol. The van der Waals surface area contributed by atoms with Crippen LogP contribution in [0.15, 0.2) is 79.1 Å². The van der Waals surface area contributed by atoms with Crippen molar-refractivity contribution in [2.24, 2.45) is 5.92 Å². The number of nitrogens with zero attached hydrogens (tertiary/aromatic N) is 2. The highest BCUT2D eigenvalue weighted by molar-refractivity contribution is 6.16. The summed E-state index contributed by atoms with van der Waals surface area (Å²) in [7, 11) is 0. The first-order valence-corrected chi connectivity index (χ1v) is 11.4. The van der Waals surface area contributed by atoms with Crippen LogP contribution >= 0.6 is 0 Å². The van der Waals surface area contributed by atoms with Crippen molar-refractivity contribution >= 4 is 34.4 Å². The molecule has 6 nitrogen and oxygen atoms in total. The number of Topliss-reactive ketones (excluding diaryl/α,β-unsaturated/α-hetero) is 2. The van der Waals surface area contributed by atoms with Crippen molar-refractivity contribution in [2.45, 2.75) is 31.3 Å². The third-order valence-electron chi connectivity index (χ3n) is 7.55. The molecule has 0 saturated carbocycles. The number of allylic oxidation sites excluding steroid dienone is 1.